The Morgan fingerprint density at radius 1 is 1.09 bits per heavy atom. The lowest BCUT2D eigenvalue weighted by Gasteiger charge is -2.22. The standard InChI is InChI=1S/C12H9F7N2O/c1-21(6-22)9(7-2-4-8(13)5-3-7)20-10(11(14,15)16)12(17,18)19/h2-6,10H,1H3. The molecule has 0 bridgehead atoms. The van der Waals surface area contributed by atoms with Gasteiger partial charge in [-0.2, -0.15) is 26.3 Å². The van der Waals surface area contributed by atoms with E-state index in [1.807, 2.05) is 0 Å². The number of alkyl halides is 6. The van der Waals surface area contributed by atoms with Crippen LogP contribution in [0, 0.1) is 5.82 Å². The van der Waals surface area contributed by atoms with E-state index in [0.717, 1.165) is 31.3 Å². The van der Waals surface area contributed by atoms with Crippen molar-refractivity contribution < 1.29 is 35.5 Å². The van der Waals surface area contributed by atoms with Gasteiger partial charge in [-0.25, -0.2) is 9.38 Å². The molecule has 0 aliphatic rings. The van der Waals surface area contributed by atoms with Crippen LogP contribution in [0.25, 0.3) is 0 Å². The maximum Gasteiger partial charge on any atom is 0.419 e. The molecule has 0 aromatic heterocycles. The second kappa shape index (κ2) is 6.32. The van der Waals surface area contributed by atoms with Gasteiger partial charge < -0.3 is 4.90 Å². The number of nitrogens with zero attached hydrogens (tertiary/aromatic N) is 2. The predicted molar refractivity (Wildman–Crippen MR) is 62.7 cm³/mol. The molecule has 0 unspecified atom stereocenters. The molecule has 1 rings (SSSR count). The summed E-state index contributed by atoms with van der Waals surface area (Å²) in [7, 11) is 0.930. The Kier molecular flexibility index (Phi) is 5.15. The van der Waals surface area contributed by atoms with E-state index in [1.54, 1.807) is 0 Å². The van der Waals surface area contributed by atoms with Gasteiger partial charge in [0.2, 0.25) is 12.5 Å². The number of amides is 1. The zero-order valence-corrected chi connectivity index (χ0v) is 10.9. The van der Waals surface area contributed by atoms with Crippen LogP contribution in [-0.2, 0) is 4.79 Å². The molecular weight excluding hydrogens is 321 g/mol. The van der Waals surface area contributed by atoms with Gasteiger partial charge in [0.05, 0.1) is 0 Å². The van der Waals surface area contributed by atoms with Crippen LogP contribution in [0.15, 0.2) is 29.3 Å². The van der Waals surface area contributed by atoms with E-state index in [-0.39, 0.29) is 12.0 Å². The molecule has 0 radical (unpaired) electrons. The van der Waals surface area contributed by atoms with Crippen molar-refractivity contribution >= 4 is 12.2 Å². The van der Waals surface area contributed by atoms with Crippen LogP contribution in [0.1, 0.15) is 5.56 Å². The third-order valence-electron chi connectivity index (χ3n) is 2.47. The largest absolute Gasteiger partial charge is 0.419 e. The van der Waals surface area contributed by atoms with Crippen LogP contribution in [0.4, 0.5) is 30.7 Å². The predicted octanol–water partition coefficient (Wildman–Crippen LogP) is 3.15. The Morgan fingerprint density at radius 3 is 1.91 bits per heavy atom. The lowest BCUT2D eigenvalue weighted by Crippen LogP contribution is -2.43. The fraction of sp³-hybridized carbons (Fsp3) is 0.333. The number of hydrogen-bond acceptors (Lipinski definition) is 2. The monoisotopic (exact) mass is 330 g/mol. The van der Waals surface area contributed by atoms with Crippen molar-refractivity contribution in [2.75, 3.05) is 7.05 Å². The number of amidine groups is 1. The van der Waals surface area contributed by atoms with Gasteiger partial charge in [0.25, 0.3) is 0 Å². The van der Waals surface area contributed by atoms with Gasteiger partial charge in [0.1, 0.15) is 11.7 Å². The number of hydrogen-bond donors (Lipinski definition) is 0. The highest BCUT2D eigenvalue weighted by atomic mass is 19.4. The molecule has 0 aliphatic carbocycles. The quantitative estimate of drug-likeness (QED) is 0.363. The lowest BCUT2D eigenvalue weighted by atomic mass is 10.2. The molecule has 0 saturated heterocycles. The Bertz CT molecular complexity index is 534. The van der Waals surface area contributed by atoms with Gasteiger partial charge in [0.15, 0.2) is 0 Å². The summed E-state index contributed by atoms with van der Waals surface area (Å²) in [5, 5.41) is 0. The van der Waals surface area contributed by atoms with Gasteiger partial charge >= 0.3 is 12.4 Å². The molecule has 22 heavy (non-hydrogen) atoms. The minimum Gasteiger partial charge on any atom is -0.302 e. The Labute approximate surface area is 120 Å². The molecule has 0 heterocycles. The SMILES string of the molecule is CN(C=O)C(=NC(C(F)(F)F)C(F)(F)F)c1ccc(F)cc1. The number of carbonyl (C=O) groups is 1. The van der Waals surface area contributed by atoms with E-state index in [2.05, 4.69) is 4.99 Å². The molecule has 3 nitrogen and oxygen atoms in total. The lowest BCUT2D eigenvalue weighted by molar-refractivity contribution is -0.248. The summed E-state index contributed by atoms with van der Waals surface area (Å²) in [4.78, 5) is 13.7. The van der Waals surface area contributed by atoms with Crippen molar-refractivity contribution in [2.24, 2.45) is 4.99 Å². The van der Waals surface area contributed by atoms with Crippen LogP contribution in [0.2, 0.25) is 0 Å². The van der Waals surface area contributed by atoms with Crippen molar-refractivity contribution in [3.05, 3.63) is 35.6 Å². The zero-order valence-electron chi connectivity index (χ0n) is 10.9. The number of aliphatic imine (C=N–C) groups is 1. The first-order valence-electron chi connectivity index (χ1n) is 5.62. The second-order valence-corrected chi connectivity index (χ2v) is 4.16. The van der Waals surface area contributed by atoms with Crippen molar-refractivity contribution in [3.8, 4) is 0 Å². The molecule has 10 heteroatoms. The maximum absolute atomic E-state index is 12.8. The number of carbonyl (C=O) groups excluding carboxylic acids is 1. The second-order valence-electron chi connectivity index (χ2n) is 4.16. The van der Waals surface area contributed by atoms with Crippen LogP contribution in [0.3, 0.4) is 0 Å². The van der Waals surface area contributed by atoms with Crippen molar-refractivity contribution in [1.82, 2.24) is 4.90 Å². The average molecular weight is 330 g/mol. The minimum atomic E-state index is -5.69. The summed E-state index contributed by atoms with van der Waals surface area (Å²) in [6.07, 6.45) is -11.4. The van der Waals surface area contributed by atoms with Crippen LogP contribution < -0.4 is 0 Å². The van der Waals surface area contributed by atoms with E-state index in [0.29, 0.717) is 4.90 Å². The topological polar surface area (TPSA) is 32.7 Å². The molecule has 0 fully saturated rings. The molecule has 1 amide bonds. The maximum atomic E-state index is 12.8. The first kappa shape index (κ1) is 17.9. The average Bonchev–Trinajstić information content (AvgIpc) is 2.37. The van der Waals surface area contributed by atoms with E-state index in [1.165, 1.54) is 0 Å². The molecule has 0 atom stereocenters. The summed E-state index contributed by atoms with van der Waals surface area (Å²) in [6.45, 7) is 0. The third kappa shape index (κ3) is 4.43. The zero-order chi connectivity index (χ0) is 17.1. The van der Waals surface area contributed by atoms with Gasteiger partial charge in [-0.1, -0.05) is 0 Å². The third-order valence-corrected chi connectivity index (χ3v) is 2.47. The summed E-state index contributed by atoms with van der Waals surface area (Å²) < 4.78 is 88.0. The first-order chi connectivity index (χ1) is 9.96. The van der Waals surface area contributed by atoms with E-state index >= 15 is 0 Å². The van der Waals surface area contributed by atoms with Crippen molar-refractivity contribution in [1.29, 1.82) is 0 Å². The molecule has 1 aromatic rings. The van der Waals surface area contributed by atoms with Crippen molar-refractivity contribution in [3.63, 3.8) is 0 Å². The molecule has 0 spiro atoms. The Balaban J connectivity index is 3.42. The normalized spacial score (nSPS) is 13.4. The highest BCUT2D eigenvalue weighted by Gasteiger charge is 2.57. The Hall–Kier alpha value is -2.13. The highest BCUT2D eigenvalue weighted by Crippen LogP contribution is 2.36. The Morgan fingerprint density at radius 2 is 1.55 bits per heavy atom. The molecule has 0 N–H and O–H groups in total. The number of halogens is 7. The van der Waals surface area contributed by atoms with Crippen molar-refractivity contribution in [2.45, 2.75) is 18.4 Å². The van der Waals surface area contributed by atoms with Gasteiger partial charge in [-0.15, -0.1) is 0 Å². The molecule has 122 valence electrons. The smallest absolute Gasteiger partial charge is 0.302 e. The summed E-state index contributed by atoms with van der Waals surface area (Å²) in [5.74, 6) is -1.63. The number of rotatable bonds is 3. The van der Waals surface area contributed by atoms with Gasteiger partial charge in [-0.05, 0) is 24.3 Å². The molecule has 0 saturated carbocycles. The fourth-order valence-corrected chi connectivity index (χ4v) is 1.47. The van der Waals surface area contributed by atoms with E-state index in [9.17, 15) is 35.5 Å². The first-order valence-corrected chi connectivity index (χ1v) is 5.62. The van der Waals surface area contributed by atoms with Gasteiger partial charge in [-0.3, -0.25) is 4.79 Å². The fourth-order valence-electron chi connectivity index (χ4n) is 1.47. The highest BCUT2D eigenvalue weighted by molar-refractivity contribution is 6.03. The molecule has 1 aromatic carbocycles. The van der Waals surface area contributed by atoms with Crippen LogP contribution in [-0.4, -0.2) is 42.6 Å². The molecular formula is C12H9F7N2O. The van der Waals surface area contributed by atoms with Gasteiger partial charge in [0, 0.05) is 12.6 Å². The van der Waals surface area contributed by atoms with Crippen LogP contribution >= 0.6 is 0 Å². The minimum absolute atomic E-state index is 0.00794. The summed E-state index contributed by atoms with van der Waals surface area (Å²) in [6, 6.07) is -0.530. The summed E-state index contributed by atoms with van der Waals surface area (Å²) >= 11 is 0. The summed E-state index contributed by atoms with van der Waals surface area (Å²) in [5.41, 5.74) is -0.269. The van der Waals surface area contributed by atoms with E-state index < -0.39 is 30.0 Å². The van der Waals surface area contributed by atoms with E-state index in [4.69, 9.17) is 0 Å². The van der Waals surface area contributed by atoms with Crippen LogP contribution in [0.5, 0.6) is 0 Å². The molecule has 0 aliphatic heterocycles. The number of benzene rings is 1.